The van der Waals surface area contributed by atoms with E-state index in [0.717, 1.165) is 12.0 Å². The van der Waals surface area contributed by atoms with E-state index in [1.54, 1.807) is 21.9 Å². The first-order chi connectivity index (χ1) is 11.5. The number of hydrogen-bond acceptors (Lipinski definition) is 4. The van der Waals surface area contributed by atoms with E-state index in [1.807, 2.05) is 6.07 Å². The highest BCUT2D eigenvalue weighted by Gasteiger charge is 2.22. The van der Waals surface area contributed by atoms with E-state index in [4.69, 9.17) is 27.9 Å². The Bertz CT molecular complexity index is 601. The molecule has 24 heavy (non-hydrogen) atoms. The lowest BCUT2D eigenvalue weighted by atomic mass is 10.2. The summed E-state index contributed by atoms with van der Waals surface area (Å²) in [6, 6.07) is 5.38. The number of carbonyl (C=O) groups is 2. The molecule has 0 atom stereocenters. The van der Waals surface area contributed by atoms with Crippen molar-refractivity contribution >= 4 is 47.0 Å². The van der Waals surface area contributed by atoms with Crippen LogP contribution in [0.15, 0.2) is 18.2 Å². The van der Waals surface area contributed by atoms with Gasteiger partial charge in [0.15, 0.2) is 0 Å². The number of carbonyl (C=O) groups excluding carboxylic acids is 2. The fourth-order valence-electron chi connectivity index (χ4n) is 2.46. The maximum Gasteiger partial charge on any atom is 0.409 e. The van der Waals surface area contributed by atoms with Crippen molar-refractivity contribution in [2.75, 3.05) is 39.0 Å². The number of ether oxygens (including phenoxy) is 1. The maximum absolute atomic E-state index is 12.3. The van der Waals surface area contributed by atoms with Crippen LogP contribution in [-0.2, 0) is 15.3 Å². The first-order valence-corrected chi connectivity index (χ1v) is 9.54. The van der Waals surface area contributed by atoms with Gasteiger partial charge in [0.25, 0.3) is 0 Å². The van der Waals surface area contributed by atoms with Crippen molar-refractivity contribution in [3.8, 4) is 0 Å². The van der Waals surface area contributed by atoms with Gasteiger partial charge in [-0.25, -0.2) is 4.79 Å². The Morgan fingerprint density at radius 2 is 1.88 bits per heavy atom. The van der Waals surface area contributed by atoms with E-state index in [0.29, 0.717) is 47.7 Å². The third kappa shape index (κ3) is 5.46. The van der Waals surface area contributed by atoms with Crippen molar-refractivity contribution in [2.45, 2.75) is 12.2 Å². The predicted molar refractivity (Wildman–Crippen MR) is 97.8 cm³/mol. The smallest absolute Gasteiger partial charge is 0.409 e. The van der Waals surface area contributed by atoms with Crippen LogP contribution < -0.4 is 0 Å². The lowest BCUT2D eigenvalue weighted by Crippen LogP contribution is -2.38. The Kier molecular flexibility index (Phi) is 7.52. The van der Waals surface area contributed by atoms with E-state index in [1.165, 1.54) is 18.9 Å². The van der Waals surface area contributed by atoms with Gasteiger partial charge in [-0.05, 0) is 24.1 Å². The molecule has 0 N–H and O–H groups in total. The highest BCUT2D eigenvalue weighted by Crippen LogP contribution is 2.24. The number of nitrogens with zero attached hydrogens (tertiary/aromatic N) is 2. The first kappa shape index (κ1) is 19.2. The Morgan fingerprint density at radius 3 is 2.58 bits per heavy atom. The summed E-state index contributed by atoms with van der Waals surface area (Å²) in [6.07, 6.45) is 0.421. The summed E-state index contributed by atoms with van der Waals surface area (Å²) in [5, 5.41) is 1.22. The molecule has 1 aliphatic heterocycles. The van der Waals surface area contributed by atoms with Gasteiger partial charge in [-0.2, -0.15) is 0 Å². The zero-order chi connectivity index (χ0) is 17.5. The number of amides is 2. The molecule has 8 heteroatoms. The Hall–Kier alpha value is -1.11. The summed E-state index contributed by atoms with van der Waals surface area (Å²) >= 11 is 13.5. The van der Waals surface area contributed by atoms with E-state index in [2.05, 4.69) is 0 Å². The van der Waals surface area contributed by atoms with E-state index in [9.17, 15) is 9.59 Å². The number of methoxy groups -OCH3 is 1. The Labute approximate surface area is 156 Å². The van der Waals surface area contributed by atoms with Gasteiger partial charge in [-0.3, -0.25) is 4.79 Å². The summed E-state index contributed by atoms with van der Waals surface area (Å²) in [5.41, 5.74) is 0.964. The van der Waals surface area contributed by atoms with Crippen molar-refractivity contribution < 1.29 is 14.3 Å². The number of hydrogen-bond donors (Lipinski definition) is 0. The van der Waals surface area contributed by atoms with Crippen LogP contribution in [0.25, 0.3) is 0 Å². The molecule has 1 saturated heterocycles. The zero-order valence-electron chi connectivity index (χ0n) is 13.5. The fourth-order valence-corrected chi connectivity index (χ4v) is 3.94. The van der Waals surface area contributed by atoms with Crippen molar-refractivity contribution in [3.63, 3.8) is 0 Å². The summed E-state index contributed by atoms with van der Waals surface area (Å²) in [4.78, 5) is 27.3. The standard InChI is InChI=1S/C16H20Cl2N2O3S/c1-23-16(22)20-6-2-5-19(7-8-20)15(21)11-24-10-12-3-4-13(17)9-14(12)18/h3-4,9H,2,5-8,10-11H2,1H3. The highest BCUT2D eigenvalue weighted by atomic mass is 35.5. The third-order valence-corrected chi connectivity index (χ3v) is 5.33. The van der Waals surface area contributed by atoms with E-state index < -0.39 is 0 Å². The summed E-state index contributed by atoms with van der Waals surface area (Å²) in [7, 11) is 1.37. The number of rotatable bonds is 4. The zero-order valence-corrected chi connectivity index (χ0v) is 15.8. The molecule has 0 unspecified atom stereocenters. The molecule has 1 aromatic rings. The second-order valence-corrected chi connectivity index (χ2v) is 7.25. The molecule has 0 bridgehead atoms. The quantitative estimate of drug-likeness (QED) is 0.788. The molecule has 0 aromatic heterocycles. The molecule has 1 aromatic carbocycles. The van der Waals surface area contributed by atoms with Crippen LogP contribution in [0, 0.1) is 0 Å². The minimum atomic E-state index is -0.337. The van der Waals surface area contributed by atoms with Crippen molar-refractivity contribution in [1.29, 1.82) is 0 Å². The van der Waals surface area contributed by atoms with Crippen LogP contribution in [0.4, 0.5) is 4.79 Å². The van der Waals surface area contributed by atoms with Crippen LogP contribution in [0.3, 0.4) is 0 Å². The Balaban J connectivity index is 1.79. The maximum atomic E-state index is 12.3. The molecule has 1 fully saturated rings. The largest absolute Gasteiger partial charge is 0.453 e. The summed E-state index contributed by atoms with van der Waals surface area (Å²) in [5.74, 6) is 1.12. The predicted octanol–water partition coefficient (Wildman–Crippen LogP) is 3.53. The van der Waals surface area contributed by atoms with Gasteiger partial charge in [0.05, 0.1) is 12.9 Å². The molecule has 2 amide bonds. The topological polar surface area (TPSA) is 49.9 Å². The SMILES string of the molecule is COC(=O)N1CCCN(C(=O)CSCc2ccc(Cl)cc2Cl)CC1. The molecule has 0 radical (unpaired) electrons. The molecule has 0 saturated carbocycles. The van der Waals surface area contributed by atoms with Crippen molar-refractivity contribution in [3.05, 3.63) is 33.8 Å². The van der Waals surface area contributed by atoms with Crippen LogP contribution in [0.2, 0.25) is 10.0 Å². The van der Waals surface area contributed by atoms with Gasteiger partial charge in [0, 0.05) is 42.0 Å². The molecular weight excluding hydrogens is 371 g/mol. The monoisotopic (exact) mass is 390 g/mol. The normalized spacial score (nSPS) is 15.1. The van der Waals surface area contributed by atoms with Crippen LogP contribution in [0.5, 0.6) is 0 Å². The summed E-state index contributed by atoms with van der Waals surface area (Å²) in [6.45, 7) is 2.32. The van der Waals surface area contributed by atoms with Crippen LogP contribution >= 0.6 is 35.0 Å². The number of benzene rings is 1. The Morgan fingerprint density at radius 1 is 1.17 bits per heavy atom. The highest BCUT2D eigenvalue weighted by molar-refractivity contribution is 7.99. The first-order valence-electron chi connectivity index (χ1n) is 7.63. The van der Waals surface area contributed by atoms with Gasteiger partial charge >= 0.3 is 6.09 Å². The van der Waals surface area contributed by atoms with Crippen LogP contribution in [0.1, 0.15) is 12.0 Å². The van der Waals surface area contributed by atoms with E-state index in [-0.39, 0.29) is 12.0 Å². The minimum Gasteiger partial charge on any atom is -0.453 e. The molecule has 132 valence electrons. The molecular formula is C16H20Cl2N2O3S. The van der Waals surface area contributed by atoms with Gasteiger partial charge in [0.1, 0.15) is 0 Å². The molecule has 1 heterocycles. The average Bonchev–Trinajstić information content (AvgIpc) is 2.82. The number of thioether (sulfide) groups is 1. The van der Waals surface area contributed by atoms with Crippen molar-refractivity contribution in [2.24, 2.45) is 0 Å². The van der Waals surface area contributed by atoms with E-state index >= 15 is 0 Å². The second kappa shape index (κ2) is 9.39. The fraction of sp³-hybridized carbons (Fsp3) is 0.500. The van der Waals surface area contributed by atoms with Crippen molar-refractivity contribution in [1.82, 2.24) is 9.80 Å². The molecule has 5 nitrogen and oxygen atoms in total. The third-order valence-electron chi connectivity index (χ3n) is 3.78. The van der Waals surface area contributed by atoms with Crippen LogP contribution in [-0.4, -0.2) is 60.8 Å². The lowest BCUT2D eigenvalue weighted by molar-refractivity contribution is -0.128. The molecule has 2 rings (SSSR count). The second-order valence-electron chi connectivity index (χ2n) is 5.42. The average molecular weight is 391 g/mol. The van der Waals surface area contributed by atoms with Gasteiger partial charge in [-0.1, -0.05) is 29.3 Å². The molecule has 1 aliphatic rings. The molecule has 0 aliphatic carbocycles. The van der Waals surface area contributed by atoms with Gasteiger partial charge < -0.3 is 14.5 Å². The summed E-state index contributed by atoms with van der Waals surface area (Å²) < 4.78 is 4.73. The lowest BCUT2D eigenvalue weighted by Gasteiger charge is -2.21. The minimum absolute atomic E-state index is 0.0804. The van der Waals surface area contributed by atoms with Gasteiger partial charge in [-0.15, -0.1) is 11.8 Å². The number of halogens is 2. The van der Waals surface area contributed by atoms with Gasteiger partial charge in [0.2, 0.25) is 5.91 Å². The molecule has 0 spiro atoms.